The van der Waals surface area contributed by atoms with Crippen molar-refractivity contribution in [2.45, 2.75) is 68.8 Å². The highest BCUT2D eigenvalue weighted by molar-refractivity contribution is 7.89. The molecule has 1 aliphatic carbocycles. The molecule has 1 saturated heterocycles. The Bertz CT molecular complexity index is 1180. The lowest BCUT2D eigenvalue weighted by molar-refractivity contribution is -0.105. The number of carbonyl (C=O) groups is 1. The molecule has 1 N–H and O–H groups in total. The number of sulfonamides is 1. The van der Waals surface area contributed by atoms with Gasteiger partial charge in [0.2, 0.25) is 10.0 Å². The Morgan fingerprint density at radius 1 is 0.971 bits per heavy atom. The van der Waals surface area contributed by atoms with Crippen LogP contribution in [0.1, 0.15) is 56.3 Å². The van der Waals surface area contributed by atoms with Gasteiger partial charge in [-0.05, 0) is 57.0 Å². The molecule has 0 bridgehead atoms. The highest BCUT2D eigenvalue weighted by Crippen LogP contribution is 2.46. The number of morpholine rings is 1. The third-order valence-electron chi connectivity index (χ3n) is 6.53. The zero-order valence-electron chi connectivity index (χ0n) is 19.5. The Morgan fingerprint density at radius 3 is 2.41 bits per heavy atom. The smallest absolute Gasteiger partial charge is 0.255 e. The van der Waals surface area contributed by atoms with Crippen molar-refractivity contribution >= 4 is 21.6 Å². The summed E-state index contributed by atoms with van der Waals surface area (Å²) < 4.78 is 45.7. The van der Waals surface area contributed by atoms with Crippen LogP contribution in [0.25, 0.3) is 0 Å². The maximum atomic E-state index is 13.2. The topological polar surface area (TPSA) is 94.2 Å². The molecule has 3 aliphatic rings. The van der Waals surface area contributed by atoms with E-state index in [1.807, 2.05) is 13.8 Å². The molecular formula is C25H30N2O6S. The zero-order valence-corrected chi connectivity index (χ0v) is 20.3. The van der Waals surface area contributed by atoms with Crippen molar-refractivity contribution in [2.24, 2.45) is 0 Å². The molecule has 2 fully saturated rings. The summed E-state index contributed by atoms with van der Waals surface area (Å²) in [6.07, 6.45) is 4.65. The van der Waals surface area contributed by atoms with Crippen molar-refractivity contribution in [1.29, 1.82) is 0 Å². The van der Waals surface area contributed by atoms with Crippen LogP contribution in [0.3, 0.4) is 0 Å². The van der Waals surface area contributed by atoms with Gasteiger partial charge in [0.15, 0.2) is 11.5 Å². The van der Waals surface area contributed by atoms with Crippen LogP contribution >= 0.6 is 0 Å². The van der Waals surface area contributed by atoms with Gasteiger partial charge in [-0.3, -0.25) is 4.79 Å². The second kappa shape index (κ2) is 8.87. The number of hydrogen-bond donors (Lipinski definition) is 1. The number of amides is 1. The van der Waals surface area contributed by atoms with Crippen LogP contribution < -0.4 is 14.8 Å². The van der Waals surface area contributed by atoms with Gasteiger partial charge in [0.05, 0.1) is 17.1 Å². The average Bonchev–Trinajstić information content (AvgIpc) is 3.15. The molecule has 8 nitrogen and oxygen atoms in total. The number of ether oxygens (including phenoxy) is 3. The van der Waals surface area contributed by atoms with Gasteiger partial charge in [0, 0.05) is 43.2 Å². The third kappa shape index (κ3) is 4.52. The molecule has 182 valence electrons. The van der Waals surface area contributed by atoms with Gasteiger partial charge in [0.25, 0.3) is 11.7 Å². The number of nitrogens with zero attached hydrogens (tertiary/aromatic N) is 1. The normalized spacial score (nSPS) is 24.2. The van der Waals surface area contributed by atoms with E-state index in [0.717, 1.165) is 25.7 Å². The first kappa shape index (κ1) is 23.1. The Kier molecular flexibility index (Phi) is 6.03. The number of carbonyl (C=O) groups excluding carboxylic acids is 1. The summed E-state index contributed by atoms with van der Waals surface area (Å²) in [5.41, 5.74) is 0.821. The Morgan fingerprint density at radius 2 is 1.68 bits per heavy atom. The Hall–Kier alpha value is -2.62. The van der Waals surface area contributed by atoms with Crippen molar-refractivity contribution in [3.63, 3.8) is 0 Å². The van der Waals surface area contributed by atoms with E-state index in [-0.39, 0.29) is 35.8 Å². The fraction of sp³-hybridized carbons (Fsp3) is 0.480. The lowest BCUT2D eigenvalue weighted by Gasteiger charge is -2.34. The molecule has 34 heavy (non-hydrogen) atoms. The van der Waals surface area contributed by atoms with E-state index in [9.17, 15) is 13.2 Å². The number of hydrogen-bond acceptors (Lipinski definition) is 6. The van der Waals surface area contributed by atoms with E-state index in [1.54, 1.807) is 30.3 Å². The van der Waals surface area contributed by atoms with Crippen molar-refractivity contribution < 1.29 is 27.4 Å². The molecule has 2 aromatic carbocycles. The first-order valence-electron chi connectivity index (χ1n) is 11.8. The summed E-state index contributed by atoms with van der Waals surface area (Å²) in [5.74, 6) is 0.320. The first-order valence-corrected chi connectivity index (χ1v) is 13.3. The molecule has 9 heteroatoms. The lowest BCUT2D eigenvalue weighted by atomic mass is 9.94. The quantitative estimate of drug-likeness (QED) is 0.697. The predicted octanol–water partition coefficient (Wildman–Crippen LogP) is 4.17. The summed E-state index contributed by atoms with van der Waals surface area (Å²) in [5, 5.41) is 2.85. The van der Waals surface area contributed by atoms with Crippen molar-refractivity contribution in [3.05, 3.63) is 48.0 Å². The first-order chi connectivity index (χ1) is 16.2. The van der Waals surface area contributed by atoms with E-state index in [0.29, 0.717) is 17.2 Å². The summed E-state index contributed by atoms with van der Waals surface area (Å²) >= 11 is 0. The number of benzene rings is 2. The summed E-state index contributed by atoms with van der Waals surface area (Å²) in [6, 6.07) is 11.4. The van der Waals surface area contributed by atoms with Crippen LogP contribution in [0.15, 0.2) is 47.4 Å². The molecule has 2 atom stereocenters. The lowest BCUT2D eigenvalue weighted by Crippen LogP contribution is -2.48. The molecule has 2 aliphatic heterocycles. The SMILES string of the molecule is CC1CN(S(=O)(=O)c2cccc(C(=O)Nc3ccc4c(c3)OC3(CCCCC3)O4)c2)CC(C)O1. The maximum Gasteiger partial charge on any atom is 0.255 e. The van der Waals surface area contributed by atoms with Gasteiger partial charge < -0.3 is 19.5 Å². The number of anilines is 1. The Labute approximate surface area is 200 Å². The highest BCUT2D eigenvalue weighted by atomic mass is 32.2. The number of fused-ring (bicyclic) bond motifs is 1. The van der Waals surface area contributed by atoms with Crippen LogP contribution in [-0.2, 0) is 14.8 Å². The van der Waals surface area contributed by atoms with Gasteiger partial charge >= 0.3 is 0 Å². The van der Waals surface area contributed by atoms with E-state index < -0.39 is 21.7 Å². The predicted molar refractivity (Wildman–Crippen MR) is 127 cm³/mol. The van der Waals surface area contributed by atoms with Crippen molar-refractivity contribution in [1.82, 2.24) is 4.31 Å². The molecule has 1 amide bonds. The van der Waals surface area contributed by atoms with E-state index in [1.165, 1.54) is 22.9 Å². The number of nitrogens with one attached hydrogen (secondary N) is 1. The summed E-state index contributed by atoms with van der Waals surface area (Å²) in [4.78, 5) is 13.0. The molecule has 1 saturated carbocycles. The minimum Gasteiger partial charge on any atom is -0.448 e. The third-order valence-corrected chi connectivity index (χ3v) is 8.36. The van der Waals surface area contributed by atoms with Gasteiger partial charge in [-0.15, -0.1) is 0 Å². The molecule has 2 aromatic rings. The van der Waals surface area contributed by atoms with Gasteiger partial charge in [0.1, 0.15) is 0 Å². The summed E-state index contributed by atoms with van der Waals surface area (Å²) in [6.45, 7) is 4.26. The van der Waals surface area contributed by atoms with Crippen molar-refractivity contribution in [2.75, 3.05) is 18.4 Å². The van der Waals surface area contributed by atoms with Crippen LogP contribution in [0.2, 0.25) is 0 Å². The van der Waals surface area contributed by atoms with E-state index in [2.05, 4.69) is 5.32 Å². The second-order valence-corrected chi connectivity index (χ2v) is 11.3. The van der Waals surface area contributed by atoms with Crippen LogP contribution in [0.5, 0.6) is 11.5 Å². The maximum absolute atomic E-state index is 13.2. The second-order valence-electron chi connectivity index (χ2n) is 9.40. The van der Waals surface area contributed by atoms with Gasteiger partial charge in [-0.1, -0.05) is 12.5 Å². The molecule has 2 unspecified atom stereocenters. The van der Waals surface area contributed by atoms with Crippen LogP contribution in [0, 0.1) is 0 Å². The molecule has 0 aromatic heterocycles. The number of rotatable bonds is 4. The molecule has 2 heterocycles. The van der Waals surface area contributed by atoms with E-state index in [4.69, 9.17) is 14.2 Å². The standard InChI is InChI=1S/C25H30N2O6S/c1-17-15-27(16-18(2)31-17)34(29,30)21-8-6-7-19(13-21)24(28)26-20-9-10-22-23(14-20)33-25(32-22)11-4-3-5-12-25/h6-10,13-14,17-18H,3-5,11-12,15-16H2,1-2H3,(H,26,28). The molecule has 5 rings (SSSR count). The highest BCUT2D eigenvalue weighted by Gasteiger charge is 2.42. The van der Waals surface area contributed by atoms with Crippen molar-refractivity contribution in [3.8, 4) is 11.5 Å². The minimum absolute atomic E-state index is 0.0892. The van der Waals surface area contributed by atoms with Crippen LogP contribution in [-0.4, -0.2) is 49.7 Å². The molecular weight excluding hydrogens is 456 g/mol. The fourth-order valence-electron chi connectivity index (χ4n) is 4.94. The fourth-order valence-corrected chi connectivity index (χ4v) is 6.58. The summed E-state index contributed by atoms with van der Waals surface area (Å²) in [7, 11) is -3.74. The average molecular weight is 487 g/mol. The minimum atomic E-state index is -3.74. The Balaban J connectivity index is 1.31. The zero-order chi connectivity index (χ0) is 23.9. The molecule has 1 spiro atoms. The largest absolute Gasteiger partial charge is 0.448 e. The van der Waals surface area contributed by atoms with Crippen LogP contribution in [0.4, 0.5) is 5.69 Å². The molecule has 0 radical (unpaired) electrons. The van der Waals surface area contributed by atoms with E-state index >= 15 is 0 Å². The monoisotopic (exact) mass is 486 g/mol. The van der Waals surface area contributed by atoms with Gasteiger partial charge in [-0.25, -0.2) is 8.42 Å². The van der Waals surface area contributed by atoms with Gasteiger partial charge in [-0.2, -0.15) is 4.31 Å².